The average Bonchev–Trinajstić information content (AvgIpc) is 2.79. The minimum atomic E-state index is -0.808. The Morgan fingerprint density at radius 3 is 2.50 bits per heavy atom. The Balaban J connectivity index is 2.19. The van der Waals surface area contributed by atoms with Crippen LogP contribution in [0.4, 0.5) is 0 Å². The quantitative estimate of drug-likeness (QED) is 0.782. The van der Waals surface area contributed by atoms with E-state index in [1.165, 1.54) is 0 Å². The van der Waals surface area contributed by atoms with Crippen molar-refractivity contribution in [2.45, 2.75) is 63.1 Å². The molecule has 0 aromatic carbocycles. The molecule has 0 heterocycles. The van der Waals surface area contributed by atoms with E-state index in [-0.39, 0.29) is 6.10 Å². The molecule has 0 radical (unpaired) electrons. The Bertz CT molecular complexity index is 291. The standard InChI is InChI=1S/C13H21NO2/c1-16-11-5-4-8-13(15,9-11)12(10-14)6-2-3-7-12/h11,15H,2-9H2,1H3. The molecule has 2 atom stereocenters. The van der Waals surface area contributed by atoms with Crippen molar-refractivity contribution in [1.29, 1.82) is 5.26 Å². The fourth-order valence-electron chi connectivity index (χ4n) is 3.50. The highest BCUT2D eigenvalue weighted by Crippen LogP contribution is 2.52. The summed E-state index contributed by atoms with van der Waals surface area (Å²) in [4.78, 5) is 0. The van der Waals surface area contributed by atoms with Gasteiger partial charge in [-0.3, -0.25) is 0 Å². The molecule has 16 heavy (non-hydrogen) atoms. The first-order valence-electron chi connectivity index (χ1n) is 6.32. The first-order valence-corrected chi connectivity index (χ1v) is 6.32. The van der Waals surface area contributed by atoms with Crippen LogP contribution < -0.4 is 0 Å². The summed E-state index contributed by atoms with van der Waals surface area (Å²) in [6.45, 7) is 0. The molecule has 2 unspecified atom stereocenters. The summed E-state index contributed by atoms with van der Waals surface area (Å²) < 4.78 is 5.37. The lowest BCUT2D eigenvalue weighted by Gasteiger charge is -2.45. The third-order valence-corrected chi connectivity index (χ3v) is 4.58. The van der Waals surface area contributed by atoms with Crippen LogP contribution in [0.2, 0.25) is 0 Å². The van der Waals surface area contributed by atoms with E-state index in [9.17, 15) is 10.4 Å². The molecule has 90 valence electrons. The fourth-order valence-corrected chi connectivity index (χ4v) is 3.50. The molecule has 0 bridgehead atoms. The van der Waals surface area contributed by atoms with Crippen molar-refractivity contribution >= 4 is 0 Å². The first-order chi connectivity index (χ1) is 7.66. The number of rotatable bonds is 2. The summed E-state index contributed by atoms with van der Waals surface area (Å²) in [7, 11) is 1.70. The maximum Gasteiger partial charge on any atom is 0.0861 e. The van der Waals surface area contributed by atoms with Crippen molar-refractivity contribution in [1.82, 2.24) is 0 Å². The van der Waals surface area contributed by atoms with Gasteiger partial charge in [-0.15, -0.1) is 0 Å². The van der Waals surface area contributed by atoms with Crippen LogP contribution in [0.3, 0.4) is 0 Å². The second-order valence-corrected chi connectivity index (χ2v) is 5.39. The molecular formula is C13H21NO2. The van der Waals surface area contributed by atoms with Gasteiger partial charge in [-0.05, 0) is 32.1 Å². The zero-order valence-electron chi connectivity index (χ0n) is 10.0. The Morgan fingerprint density at radius 2 is 1.94 bits per heavy atom. The largest absolute Gasteiger partial charge is 0.388 e. The van der Waals surface area contributed by atoms with E-state index in [0.29, 0.717) is 6.42 Å². The highest BCUT2D eigenvalue weighted by Gasteiger charge is 2.53. The molecule has 0 aliphatic heterocycles. The Hall–Kier alpha value is -0.590. The van der Waals surface area contributed by atoms with Crippen molar-refractivity contribution < 1.29 is 9.84 Å². The van der Waals surface area contributed by atoms with Gasteiger partial charge >= 0.3 is 0 Å². The van der Waals surface area contributed by atoms with E-state index in [1.54, 1.807) is 7.11 Å². The van der Waals surface area contributed by atoms with Crippen molar-refractivity contribution in [3.05, 3.63) is 0 Å². The highest BCUT2D eigenvalue weighted by molar-refractivity contribution is 5.15. The van der Waals surface area contributed by atoms with Gasteiger partial charge in [-0.25, -0.2) is 0 Å². The van der Waals surface area contributed by atoms with Gasteiger partial charge in [-0.2, -0.15) is 5.26 Å². The van der Waals surface area contributed by atoms with E-state index in [2.05, 4.69) is 6.07 Å². The lowest BCUT2D eigenvalue weighted by molar-refractivity contribution is -0.117. The number of nitriles is 1. The van der Waals surface area contributed by atoms with Crippen LogP contribution in [0.1, 0.15) is 51.4 Å². The lowest BCUT2D eigenvalue weighted by atomic mass is 9.64. The smallest absolute Gasteiger partial charge is 0.0861 e. The zero-order chi connectivity index (χ0) is 11.6. The summed E-state index contributed by atoms with van der Waals surface area (Å²) in [6, 6.07) is 2.43. The van der Waals surface area contributed by atoms with Crippen LogP contribution in [0.15, 0.2) is 0 Å². The fraction of sp³-hybridized carbons (Fsp3) is 0.923. The highest BCUT2D eigenvalue weighted by atomic mass is 16.5. The molecule has 0 spiro atoms. The van der Waals surface area contributed by atoms with Gasteiger partial charge in [0.15, 0.2) is 0 Å². The summed E-state index contributed by atoms with van der Waals surface area (Å²) in [6.07, 6.45) is 7.38. The third kappa shape index (κ3) is 1.74. The summed E-state index contributed by atoms with van der Waals surface area (Å²) in [5, 5.41) is 20.3. The van der Waals surface area contributed by atoms with Crippen LogP contribution in [0, 0.1) is 16.7 Å². The van der Waals surface area contributed by atoms with Crippen LogP contribution in [0.25, 0.3) is 0 Å². The van der Waals surface area contributed by atoms with Crippen molar-refractivity contribution in [2.75, 3.05) is 7.11 Å². The van der Waals surface area contributed by atoms with Gasteiger partial charge < -0.3 is 9.84 Å². The second-order valence-electron chi connectivity index (χ2n) is 5.39. The zero-order valence-corrected chi connectivity index (χ0v) is 10.0. The van der Waals surface area contributed by atoms with Crippen LogP contribution >= 0.6 is 0 Å². The van der Waals surface area contributed by atoms with E-state index in [4.69, 9.17) is 4.74 Å². The van der Waals surface area contributed by atoms with Gasteiger partial charge in [0.25, 0.3) is 0 Å². The molecule has 1 N–H and O–H groups in total. The predicted octanol–water partition coefficient (Wildman–Crippen LogP) is 2.39. The SMILES string of the molecule is COC1CCCC(O)(C2(C#N)CCCC2)C1. The number of ether oxygens (including phenoxy) is 1. The number of hydrogen-bond acceptors (Lipinski definition) is 3. The molecule has 0 amide bonds. The summed E-state index contributed by atoms with van der Waals surface area (Å²) in [5.41, 5.74) is -1.30. The minimum absolute atomic E-state index is 0.129. The molecule has 2 aliphatic rings. The molecular weight excluding hydrogens is 202 g/mol. The molecule has 2 fully saturated rings. The third-order valence-electron chi connectivity index (χ3n) is 4.58. The minimum Gasteiger partial charge on any atom is -0.388 e. The number of hydrogen-bond donors (Lipinski definition) is 1. The van der Waals surface area contributed by atoms with E-state index >= 15 is 0 Å². The molecule has 2 aliphatic carbocycles. The predicted molar refractivity (Wildman–Crippen MR) is 60.7 cm³/mol. The van der Waals surface area contributed by atoms with Crippen molar-refractivity contribution in [3.8, 4) is 6.07 Å². The van der Waals surface area contributed by atoms with Gasteiger partial charge in [0.05, 0.1) is 23.2 Å². The lowest BCUT2D eigenvalue weighted by Crippen LogP contribution is -2.50. The molecule has 0 aromatic rings. The van der Waals surface area contributed by atoms with E-state index < -0.39 is 11.0 Å². The maximum atomic E-state index is 10.8. The van der Waals surface area contributed by atoms with E-state index in [1.807, 2.05) is 0 Å². The molecule has 3 heteroatoms. The van der Waals surface area contributed by atoms with Crippen molar-refractivity contribution in [2.24, 2.45) is 5.41 Å². The monoisotopic (exact) mass is 223 g/mol. The summed E-state index contributed by atoms with van der Waals surface area (Å²) in [5.74, 6) is 0. The molecule has 2 rings (SSSR count). The van der Waals surface area contributed by atoms with Crippen molar-refractivity contribution in [3.63, 3.8) is 0 Å². The Labute approximate surface area is 97.4 Å². The van der Waals surface area contributed by atoms with Gasteiger partial charge in [0.2, 0.25) is 0 Å². The molecule has 0 aromatic heterocycles. The maximum absolute atomic E-state index is 10.8. The Kier molecular flexibility index (Phi) is 3.23. The normalized spacial score (nSPS) is 38.2. The molecule has 0 saturated heterocycles. The number of methoxy groups -OCH3 is 1. The number of nitrogens with zero attached hydrogens (tertiary/aromatic N) is 1. The second kappa shape index (κ2) is 4.35. The Morgan fingerprint density at radius 1 is 1.25 bits per heavy atom. The van der Waals surface area contributed by atoms with Crippen LogP contribution in [0.5, 0.6) is 0 Å². The van der Waals surface area contributed by atoms with Gasteiger partial charge in [0.1, 0.15) is 0 Å². The van der Waals surface area contributed by atoms with Gasteiger partial charge in [0, 0.05) is 13.5 Å². The average molecular weight is 223 g/mol. The topological polar surface area (TPSA) is 53.2 Å². The van der Waals surface area contributed by atoms with Crippen LogP contribution in [-0.2, 0) is 4.74 Å². The molecule has 2 saturated carbocycles. The summed E-state index contributed by atoms with van der Waals surface area (Å²) >= 11 is 0. The van der Waals surface area contributed by atoms with E-state index in [0.717, 1.165) is 44.9 Å². The number of aliphatic hydroxyl groups is 1. The molecule has 3 nitrogen and oxygen atoms in total. The van der Waals surface area contributed by atoms with Crippen LogP contribution in [-0.4, -0.2) is 23.9 Å². The first kappa shape index (κ1) is 11.9. The van der Waals surface area contributed by atoms with Gasteiger partial charge in [-0.1, -0.05) is 12.8 Å².